The van der Waals surface area contributed by atoms with Gasteiger partial charge in [0, 0.05) is 6.07 Å². The summed E-state index contributed by atoms with van der Waals surface area (Å²) in [6.07, 6.45) is 1.38. The van der Waals surface area contributed by atoms with Crippen LogP contribution in [0.5, 0.6) is 0 Å². The van der Waals surface area contributed by atoms with Crippen LogP contribution in [0.4, 0.5) is 5.69 Å². The highest BCUT2D eigenvalue weighted by molar-refractivity contribution is 5.67. The Kier molecular flexibility index (Phi) is 1.94. The Balaban J connectivity index is 2.58. The molecule has 0 aliphatic heterocycles. The van der Waals surface area contributed by atoms with Gasteiger partial charge in [-0.2, -0.15) is 0 Å². The maximum Gasteiger partial charge on any atom is 0.280 e. The summed E-state index contributed by atoms with van der Waals surface area (Å²) >= 11 is 0. The van der Waals surface area contributed by atoms with Crippen LogP contribution >= 0.6 is 0 Å². The quantitative estimate of drug-likeness (QED) is 0.572. The molecule has 0 aliphatic carbocycles. The predicted octanol–water partition coefficient (Wildman–Crippen LogP) is 1.38. The van der Waals surface area contributed by atoms with Crippen LogP contribution in [0.15, 0.2) is 30.6 Å². The van der Waals surface area contributed by atoms with E-state index >= 15 is 0 Å². The molecule has 0 radical (unpaired) electrons. The third-order valence-corrected chi connectivity index (χ3v) is 1.77. The van der Waals surface area contributed by atoms with Crippen LogP contribution in [-0.2, 0) is 0 Å². The Morgan fingerprint density at radius 3 is 2.79 bits per heavy atom. The third-order valence-electron chi connectivity index (χ3n) is 1.77. The number of nitrogens with one attached hydrogen (secondary N) is 1. The van der Waals surface area contributed by atoms with Gasteiger partial charge < -0.3 is 4.98 Å². The monoisotopic (exact) mass is 190 g/mol. The van der Waals surface area contributed by atoms with Gasteiger partial charge in [-0.15, -0.1) is 10.2 Å². The lowest BCUT2D eigenvalue weighted by Gasteiger charge is -1.96. The summed E-state index contributed by atoms with van der Waals surface area (Å²) in [7, 11) is 0. The van der Waals surface area contributed by atoms with Gasteiger partial charge in [-0.25, -0.2) is 0 Å². The number of para-hydroxylation sites is 1. The Labute approximate surface area is 78.8 Å². The first-order valence-electron chi connectivity index (χ1n) is 3.89. The van der Waals surface area contributed by atoms with E-state index in [9.17, 15) is 10.1 Å². The average molecular weight is 190 g/mol. The topological polar surface area (TPSA) is 84.7 Å². The van der Waals surface area contributed by atoms with Crippen molar-refractivity contribution in [2.45, 2.75) is 0 Å². The van der Waals surface area contributed by atoms with Crippen LogP contribution in [0.1, 0.15) is 0 Å². The highest BCUT2D eigenvalue weighted by atomic mass is 16.6. The molecule has 0 amide bonds. The molecule has 6 nitrogen and oxygen atoms in total. The number of hydrogen-bond donors (Lipinski definition) is 1. The molecule has 0 unspecified atom stereocenters. The van der Waals surface area contributed by atoms with Gasteiger partial charge in [0.2, 0.25) is 0 Å². The lowest BCUT2D eigenvalue weighted by Crippen LogP contribution is -1.92. The molecular weight excluding hydrogens is 184 g/mol. The van der Waals surface area contributed by atoms with Crippen LogP contribution < -0.4 is 0 Å². The summed E-state index contributed by atoms with van der Waals surface area (Å²) in [6, 6.07) is 6.37. The number of rotatable bonds is 2. The van der Waals surface area contributed by atoms with E-state index in [2.05, 4.69) is 15.2 Å². The highest BCUT2D eigenvalue weighted by Gasteiger charge is 2.15. The van der Waals surface area contributed by atoms with Crippen molar-refractivity contribution in [3.05, 3.63) is 40.7 Å². The molecule has 70 valence electrons. The second kappa shape index (κ2) is 3.25. The van der Waals surface area contributed by atoms with Gasteiger partial charge in [-0.3, -0.25) is 10.1 Å². The van der Waals surface area contributed by atoms with Gasteiger partial charge in [-0.1, -0.05) is 12.1 Å². The van der Waals surface area contributed by atoms with Gasteiger partial charge >= 0.3 is 0 Å². The molecule has 1 heterocycles. The van der Waals surface area contributed by atoms with Crippen LogP contribution in [-0.4, -0.2) is 20.1 Å². The van der Waals surface area contributed by atoms with Crippen molar-refractivity contribution in [2.75, 3.05) is 0 Å². The van der Waals surface area contributed by atoms with E-state index in [0.29, 0.717) is 11.4 Å². The van der Waals surface area contributed by atoms with Crippen LogP contribution in [0, 0.1) is 10.1 Å². The van der Waals surface area contributed by atoms with E-state index in [4.69, 9.17) is 0 Å². The fourth-order valence-corrected chi connectivity index (χ4v) is 1.17. The van der Waals surface area contributed by atoms with Gasteiger partial charge in [-0.05, 0) is 6.07 Å². The van der Waals surface area contributed by atoms with E-state index in [1.165, 1.54) is 12.4 Å². The average Bonchev–Trinajstić information content (AvgIpc) is 2.70. The van der Waals surface area contributed by atoms with E-state index in [1.807, 2.05) is 0 Å². The zero-order valence-electron chi connectivity index (χ0n) is 7.04. The molecule has 1 aromatic heterocycles. The van der Waals surface area contributed by atoms with Crippen LogP contribution in [0.3, 0.4) is 0 Å². The van der Waals surface area contributed by atoms with E-state index in [-0.39, 0.29) is 5.69 Å². The van der Waals surface area contributed by atoms with E-state index in [0.717, 1.165) is 0 Å². The minimum atomic E-state index is -0.447. The molecule has 0 saturated carbocycles. The van der Waals surface area contributed by atoms with Gasteiger partial charge in [0.25, 0.3) is 5.69 Å². The van der Waals surface area contributed by atoms with Crippen molar-refractivity contribution in [3.8, 4) is 11.4 Å². The van der Waals surface area contributed by atoms with E-state index < -0.39 is 4.92 Å². The third kappa shape index (κ3) is 1.33. The van der Waals surface area contributed by atoms with Gasteiger partial charge in [0.15, 0.2) is 5.82 Å². The van der Waals surface area contributed by atoms with Crippen molar-refractivity contribution in [2.24, 2.45) is 0 Å². The number of nitrogens with zero attached hydrogens (tertiary/aromatic N) is 3. The second-order valence-corrected chi connectivity index (χ2v) is 2.61. The number of hydrogen-bond acceptors (Lipinski definition) is 4. The van der Waals surface area contributed by atoms with Crippen molar-refractivity contribution in [3.63, 3.8) is 0 Å². The molecule has 0 aliphatic rings. The molecule has 14 heavy (non-hydrogen) atoms. The minimum Gasteiger partial charge on any atom is -0.327 e. The zero-order chi connectivity index (χ0) is 9.97. The fourth-order valence-electron chi connectivity index (χ4n) is 1.17. The van der Waals surface area contributed by atoms with Crippen molar-refractivity contribution >= 4 is 5.69 Å². The Morgan fingerprint density at radius 1 is 1.36 bits per heavy atom. The van der Waals surface area contributed by atoms with Crippen molar-refractivity contribution in [1.82, 2.24) is 15.2 Å². The molecule has 0 saturated heterocycles. The smallest absolute Gasteiger partial charge is 0.280 e. The highest BCUT2D eigenvalue weighted by Crippen LogP contribution is 2.25. The SMILES string of the molecule is O=[N+]([O-])c1ccccc1-c1nnc[nH]1. The van der Waals surface area contributed by atoms with Crippen LogP contribution in [0.2, 0.25) is 0 Å². The van der Waals surface area contributed by atoms with Crippen LogP contribution in [0.25, 0.3) is 11.4 Å². The first-order valence-corrected chi connectivity index (χ1v) is 3.89. The summed E-state index contributed by atoms with van der Waals surface area (Å²) < 4.78 is 0. The predicted molar refractivity (Wildman–Crippen MR) is 48.5 cm³/mol. The molecular formula is C8H6N4O2. The molecule has 0 atom stereocenters. The number of aromatic amines is 1. The first-order chi connectivity index (χ1) is 6.79. The molecule has 1 aromatic carbocycles. The fraction of sp³-hybridized carbons (Fsp3) is 0. The Hall–Kier alpha value is -2.24. The molecule has 2 aromatic rings. The number of benzene rings is 1. The summed E-state index contributed by atoms with van der Waals surface area (Å²) in [4.78, 5) is 12.9. The lowest BCUT2D eigenvalue weighted by molar-refractivity contribution is -0.384. The second-order valence-electron chi connectivity index (χ2n) is 2.61. The van der Waals surface area contributed by atoms with Crippen molar-refractivity contribution < 1.29 is 4.92 Å². The summed E-state index contributed by atoms with van der Waals surface area (Å²) in [5.74, 6) is 0.400. The summed E-state index contributed by atoms with van der Waals surface area (Å²) in [5.41, 5.74) is 0.458. The molecule has 0 fully saturated rings. The largest absolute Gasteiger partial charge is 0.327 e. The summed E-state index contributed by atoms with van der Waals surface area (Å²) in [6.45, 7) is 0. The molecule has 6 heteroatoms. The lowest BCUT2D eigenvalue weighted by atomic mass is 10.2. The zero-order valence-corrected chi connectivity index (χ0v) is 7.04. The Morgan fingerprint density at radius 2 is 2.14 bits per heavy atom. The summed E-state index contributed by atoms with van der Waals surface area (Å²) in [5, 5.41) is 18.0. The standard InChI is InChI=1S/C8H6N4O2/c13-12(14)7-4-2-1-3-6(7)8-9-5-10-11-8/h1-5H,(H,9,10,11). The number of H-pyrrole nitrogens is 1. The molecule has 0 spiro atoms. The molecule has 1 N–H and O–H groups in total. The Bertz CT molecular complexity index is 452. The number of nitro groups is 1. The molecule has 2 rings (SSSR count). The normalized spacial score (nSPS) is 10.0. The molecule has 0 bridgehead atoms. The van der Waals surface area contributed by atoms with Gasteiger partial charge in [0.1, 0.15) is 6.33 Å². The minimum absolute atomic E-state index is 0.0178. The maximum atomic E-state index is 10.7. The van der Waals surface area contributed by atoms with E-state index in [1.54, 1.807) is 18.2 Å². The maximum absolute atomic E-state index is 10.7. The number of aromatic nitrogens is 3. The number of nitro benzene ring substituents is 1. The van der Waals surface area contributed by atoms with Gasteiger partial charge in [0.05, 0.1) is 10.5 Å². The van der Waals surface area contributed by atoms with Crippen molar-refractivity contribution in [1.29, 1.82) is 0 Å². The first kappa shape index (κ1) is 8.36.